The van der Waals surface area contributed by atoms with E-state index < -0.39 is 17.7 Å². The van der Waals surface area contributed by atoms with Crippen LogP contribution in [0.2, 0.25) is 0 Å². The van der Waals surface area contributed by atoms with E-state index in [0.717, 1.165) is 48.3 Å². The van der Waals surface area contributed by atoms with Gasteiger partial charge in [0.15, 0.2) is 6.10 Å². The molecule has 2 N–H and O–H groups in total. The van der Waals surface area contributed by atoms with Gasteiger partial charge in [-0.1, -0.05) is 38.1 Å². The van der Waals surface area contributed by atoms with E-state index in [2.05, 4.69) is 24.1 Å². The van der Waals surface area contributed by atoms with Crippen LogP contribution in [0.1, 0.15) is 83.0 Å². The van der Waals surface area contributed by atoms with Crippen molar-refractivity contribution in [1.82, 2.24) is 10.3 Å². The van der Waals surface area contributed by atoms with E-state index in [1.165, 1.54) is 19.1 Å². The number of aromatic nitrogens is 1. The standard InChI is InChI=1S/C36H46FN3O5/c1-23-30(33(34(42)43)45-35(3,4)5)32(40-19-17-36(6,7)18-20-40)31(29(39-23)22-38-24(2)41)26-10-14-28(15-11-26)44-21-16-25-8-12-27(37)13-9-25/h8-15,33H,16-22H2,1-7H3,(H,38,41)(H,42,43)/t33-/m0/s1. The Hall–Kier alpha value is -3.98. The van der Waals surface area contributed by atoms with Crippen LogP contribution in [0.3, 0.4) is 0 Å². The van der Waals surface area contributed by atoms with Crippen LogP contribution in [-0.2, 0) is 27.3 Å². The van der Waals surface area contributed by atoms with Crippen molar-refractivity contribution < 1.29 is 28.6 Å². The summed E-state index contributed by atoms with van der Waals surface area (Å²) in [6.07, 6.45) is 1.26. The predicted octanol–water partition coefficient (Wildman–Crippen LogP) is 7.02. The normalized spacial score (nSPS) is 15.4. The SMILES string of the molecule is CC(=O)NCc1nc(C)c([C@H](OC(C)(C)C)C(=O)O)c(N2CCC(C)(C)CC2)c1-c1ccc(OCCc2ccc(F)cc2)cc1. The average molecular weight is 620 g/mol. The molecular weight excluding hydrogens is 573 g/mol. The van der Waals surface area contributed by atoms with Gasteiger partial charge in [0.25, 0.3) is 0 Å². The Kier molecular flexibility index (Phi) is 10.5. The molecule has 0 bridgehead atoms. The Morgan fingerprint density at radius 3 is 2.24 bits per heavy atom. The molecule has 1 atom stereocenters. The van der Waals surface area contributed by atoms with E-state index in [-0.39, 0.29) is 23.7 Å². The number of carboxylic acids is 1. The molecule has 0 saturated carbocycles. The van der Waals surface area contributed by atoms with Crippen LogP contribution in [0.15, 0.2) is 48.5 Å². The second-order valence-electron chi connectivity index (χ2n) is 13.5. The molecule has 1 aliphatic rings. The molecule has 1 amide bonds. The third-order valence-electron chi connectivity index (χ3n) is 8.08. The molecule has 3 aromatic rings. The summed E-state index contributed by atoms with van der Waals surface area (Å²) >= 11 is 0. The lowest BCUT2D eigenvalue weighted by atomic mass is 9.81. The zero-order chi connectivity index (χ0) is 32.9. The van der Waals surface area contributed by atoms with Crippen LogP contribution < -0.4 is 15.0 Å². The third kappa shape index (κ3) is 9.03. The van der Waals surface area contributed by atoms with Gasteiger partial charge < -0.3 is 24.8 Å². The van der Waals surface area contributed by atoms with Gasteiger partial charge in [-0.25, -0.2) is 9.18 Å². The number of aryl methyl sites for hydroxylation is 1. The fraction of sp³-hybridized carbons (Fsp3) is 0.472. The Labute approximate surface area is 266 Å². The van der Waals surface area contributed by atoms with Crippen LogP contribution >= 0.6 is 0 Å². The van der Waals surface area contributed by atoms with Gasteiger partial charge in [0, 0.05) is 43.3 Å². The monoisotopic (exact) mass is 619 g/mol. The third-order valence-corrected chi connectivity index (χ3v) is 8.08. The van der Waals surface area contributed by atoms with Crippen LogP contribution in [-0.4, -0.2) is 47.3 Å². The zero-order valence-corrected chi connectivity index (χ0v) is 27.5. The summed E-state index contributed by atoms with van der Waals surface area (Å²) in [7, 11) is 0. The van der Waals surface area contributed by atoms with Crippen LogP contribution in [0.4, 0.5) is 10.1 Å². The Morgan fingerprint density at radius 1 is 1.07 bits per heavy atom. The minimum absolute atomic E-state index is 0.166. The number of pyridine rings is 1. The lowest BCUT2D eigenvalue weighted by Crippen LogP contribution is -2.39. The molecule has 0 aliphatic carbocycles. The van der Waals surface area contributed by atoms with Gasteiger partial charge in [-0.3, -0.25) is 9.78 Å². The maximum absolute atomic E-state index is 13.3. The number of carbonyl (C=O) groups excluding carboxylic acids is 1. The molecule has 242 valence electrons. The first kappa shape index (κ1) is 33.9. The van der Waals surface area contributed by atoms with E-state index in [9.17, 15) is 19.1 Å². The number of nitrogens with zero attached hydrogens (tertiary/aromatic N) is 2. The Bertz CT molecular complexity index is 1490. The quantitative estimate of drug-likeness (QED) is 0.238. The van der Waals surface area contributed by atoms with Gasteiger partial charge in [0.1, 0.15) is 11.6 Å². The number of carboxylic acid groups (broad SMARTS) is 1. The number of carbonyl (C=O) groups is 2. The predicted molar refractivity (Wildman–Crippen MR) is 174 cm³/mol. The van der Waals surface area contributed by atoms with Crippen LogP contribution in [0, 0.1) is 18.2 Å². The highest BCUT2D eigenvalue weighted by Crippen LogP contribution is 2.45. The molecule has 45 heavy (non-hydrogen) atoms. The highest BCUT2D eigenvalue weighted by molar-refractivity contribution is 5.88. The molecule has 2 aromatic carbocycles. The molecule has 1 fully saturated rings. The summed E-state index contributed by atoms with van der Waals surface area (Å²) in [6.45, 7) is 15.4. The summed E-state index contributed by atoms with van der Waals surface area (Å²) < 4.78 is 25.5. The molecule has 0 unspecified atom stereocenters. The number of aliphatic carboxylic acids is 1. The fourth-order valence-electron chi connectivity index (χ4n) is 5.62. The van der Waals surface area contributed by atoms with E-state index in [4.69, 9.17) is 14.5 Å². The molecule has 8 nitrogen and oxygen atoms in total. The van der Waals surface area contributed by atoms with Crippen molar-refractivity contribution in [1.29, 1.82) is 0 Å². The number of rotatable bonds is 11. The van der Waals surface area contributed by atoms with Crippen molar-refractivity contribution in [3.8, 4) is 16.9 Å². The number of anilines is 1. The van der Waals surface area contributed by atoms with E-state index in [1.807, 2.05) is 52.0 Å². The van der Waals surface area contributed by atoms with Crippen LogP contribution in [0.25, 0.3) is 11.1 Å². The maximum atomic E-state index is 13.3. The van der Waals surface area contributed by atoms with Gasteiger partial charge >= 0.3 is 5.97 Å². The molecular formula is C36H46FN3O5. The Balaban J connectivity index is 1.81. The lowest BCUT2D eigenvalue weighted by Gasteiger charge is -2.41. The summed E-state index contributed by atoms with van der Waals surface area (Å²) in [5.41, 5.74) is 4.53. The number of hydrogen-bond donors (Lipinski definition) is 2. The Morgan fingerprint density at radius 2 is 1.69 bits per heavy atom. The van der Waals surface area contributed by atoms with Crippen LogP contribution in [0.5, 0.6) is 5.75 Å². The number of benzene rings is 2. The fourth-order valence-corrected chi connectivity index (χ4v) is 5.62. The molecule has 1 saturated heterocycles. The highest BCUT2D eigenvalue weighted by atomic mass is 19.1. The molecule has 0 radical (unpaired) electrons. The molecule has 2 heterocycles. The van der Waals surface area contributed by atoms with Crippen molar-refractivity contribution >= 4 is 17.6 Å². The number of amides is 1. The second-order valence-corrected chi connectivity index (χ2v) is 13.5. The highest BCUT2D eigenvalue weighted by Gasteiger charge is 2.37. The minimum Gasteiger partial charge on any atom is -0.493 e. The first-order chi connectivity index (χ1) is 21.1. The van der Waals surface area contributed by atoms with Crippen molar-refractivity contribution in [2.75, 3.05) is 24.6 Å². The number of halogens is 1. The number of nitrogens with one attached hydrogen (secondary N) is 1. The van der Waals surface area contributed by atoms with Crippen molar-refractivity contribution in [3.63, 3.8) is 0 Å². The van der Waals surface area contributed by atoms with Crippen molar-refractivity contribution in [2.45, 2.75) is 86.0 Å². The van der Waals surface area contributed by atoms with Gasteiger partial charge in [-0.05, 0) is 81.3 Å². The largest absolute Gasteiger partial charge is 0.493 e. The van der Waals surface area contributed by atoms with Gasteiger partial charge in [-0.2, -0.15) is 0 Å². The van der Waals surface area contributed by atoms with Gasteiger partial charge in [0.2, 0.25) is 5.91 Å². The zero-order valence-electron chi connectivity index (χ0n) is 27.5. The second kappa shape index (κ2) is 14.0. The van der Waals surface area contributed by atoms with Gasteiger partial charge in [-0.15, -0.1) is 0 Å². The first-order valence-electron chi connectivity index (χ1n) is 15.5. The number of hydrogen-bond acceptors (Lipinski definition) is 6. The lowest BCUT2D eigenvalue weighted by molar-refractivity contribution is -0.160. The molecule has 1 aliphatic heterocycles. The topological polar surface area (TPSA) is 101 Å². The van der Waals surface area contributed by atoms with E-state index in [1.54, 1.807) is 12.1 Å². The summed E-state index contributed by atoms with van der Waals surface area (Å²) in [5.74, 6) is -0.867. The minimum atomic E-state index is -1.25. The number of piperidine rings is 1. The molecule has 9 heteroatoms. The summed E-state index contributed by atoms with van der Waals surface area (Å²) in [4.78, 5) is 32.0. The molecule has 0 spiro atoms. The van der Waals surface area contributed by atoms with E-state index in [0.29, 0.717) is 35.7 Å². The molecule has 4 rings (SSSR count). The molecule has 1 aromatic heterocycles. The van der Waals surface area contributed by atoms with Gasteiger partial charge in [0.05, 0.1) is 30.1 Å². The smallest absolute Gasteiger partial charge is 0.337 e. The number of ether oxygens (including phenoxy) is 2. The summed E-state index contributed by atoms with van der Waals surface area (Å²) in [6, 6.07) is 14.0. The van der Waals surface area contributed by atoms with Crippen molar-refractivity contribution in [3.05, 3.63) is 76.9 Å². The van der Waals surface area contributed by atoms with Crippen molar-refractivity contribution in [2.24, 2.45) is 5.41 Å². The van der Waals surface area contributed by atoms with E-state index >= 15 is 0 Å². The maximum Gasteiger partial charge on any atom is 0.337 e. The first-order valence-corrected chi connectivity index (χ1v) is 15.5. The summed E-state index contributed by atoms with van der Waals surface area (Å²) in [5, 5.41) is 13.4. The average Bonchev–Trinajstić information content (AvgIpc) is 2.96.